The number of thiazole rings is 1. The van der Waals surface area contributed by atoms with Crippen molar-refractivity contribution in [2.24, 2.45) is 0 Å². The second-order valence-electron chi connectivity index (χ2n) is 8.27. The first-order valence-electron chi connectivity index (χ1n) is 11.1. The molecule has 8 nitrogen and oxygen atoms in total. The van der Waals surface area contributed by atoms with Gasteiger partial charge in [0, 0.05) is 26.2 Å². The SMILES string of the molecule is Cc1ccc2sc(N(CCN3CCOCC3)C(=O)Cn3c(=O)oc4ccccc43)nc2c1C.Cl. The lowest BCUT2D eigenvalue weighted by Crippen LogP contribution is -2.44. The quantitative estimate of drug-likeness (QED) is 0.400. The maximum absolute atomic E-state index is 13.6. The largest absolute Gasteiger partial charge is 0.420 e. The number of benzene rings is 2. The van der Waals surface area contributed by atoms with E-state index in [1.807, 2.05) is 6.07 Å². The number of aryl methyl sites for hydroxylation is 2. The Kier molecular flexibility index (Phi) is 7.37. The van der Waals surface area contributed by atoms with Crippen LogP contribution in [0.2, 0.25) is 0 Å². The fourth-order valence-electron chi connectivity index (χ4n) is 4.11. The van der Waals surface area contributed by atoms with Gasteiger partial charge >= 0.3 is 5.76 Å². The third-order valence-corrected chi connectivity index (χ3v) is 7.26. The molecule has 1 aliphatic heterocycles. The number of hydrogen-bond acceptors (Lipinski definition) is 7. The summed E-state index contributed by atoms with van der Waals surface area (Å²) in [5.74, 6) is -0.723. The van der Waals surface area contributed by atoms with E-state index in [9.17, 15) is 9.59 Å². The van der Waals surface area contributed by atoms with Crippen molar-refractivity contribution in [1.29, 1.82) is 0 Å². The van der Waals surface area contributed by atoms with Crippen molar-refractivity contribution in [3.05, 3.63) is 58.1 Å². The smallest absolute Gasteiger partial charge is 0.408 e. The van der Waals surface area contributed by atoms with E-state index in [0.29, 0.717) is 42.5 Å². The van der Waals surface area contributed by atoms with E-state index in [2.05, 4.69) is 30.9 Å². The molecular weight excluding hydrogens is 476 g/mol. The number of para-hydroxylation sites is 2. The summed E-state index contributed by atoms with van der Waals surface area (Å²) in [6, 6.07) is 11.3. The zero-order chi connectivity index (χ0) is 22.9. The molecule has 0 N–H and O–H groups in total. The molecule has 2 aromatic heterocycles. The van der Waals surface area contributed by atoms with Gasteiger partial charge in [0.25, 0.3) is 0 Å². The number of aromatic nitrogens is 2. The Labute approximate surface area is 207 Å². The topological polar surface area (TPSA) is 80.8 Å². The minimum Gasteiger partial charge on any atom is -0.408 e. The highest BCUT2D eigenvalue weighted by molar-refractivity contribution is 7.22. The number of carbonyl (C=O) groups is 1. The Bertz CT molecular complexity index is 1370. The van der Waals surface area contributed by atoms with Crippen LogP contribution < -0.4 is 10.7 Å². The number of ether oxygens (including phenoxy) is 1. The zero-order valence-corrected chi connectivity index (χ0v) is 20.8. The Balaban J connectivity index is 0.00000274. The van der Waals surface area contributed by atoms with E-state index in [-0.39, 0.29) is 24.9 Å². The first kappa shape index (κ1) is 24.4. The molecule has 180 valence electrons. The lowest BCUT2D eigenvalue weighted by atomic mass is 10.1. The Hall–Kier alpha value is -2.72. The van der Waals surface area contributed by atoms with Gasteiger partial charge in [0.1, 0.15) is 6.54 Å². The highest BCUT2D eigenvalue weighted by atomic mass is 35.5. The van der Waals surface area contributed by atoms with E-state index in [0.717, 1.165) is 28.9 Å². The van der Waals surface area contributed by atoms with E-state index >= 15 is 0 Å². The summed E-state index contributed by atoms with van der Waals surface area (Å²) in [6.45, 7) is 8.29. The van der Waals surface area contributed by atoms with Crippen LogP contribution in [0.1, 0.15) is 11.1 Å². The standard InChI is InChI=1S/C24H26N4O4S.ClH/c1-16-7-8-20-22(17(16)2)25-23(33-20)27(10-9-26-11-13-31-14-12-26)21(29)15-28-18-5-3-4-6-19(18)32-24(28)30;/h3-8H,9-15H2,1-2H3;1H. The van der Waals surface area contributed by atoms with Gasteiger partial charge in [-0.2, -0.15) is 0 Å². The normalized spacial score (nSPS) is 14.4. The van der Waals surface area contributed by atoms with Crippen LogP contribution in [0.4, 0.5) is 5.13 Å². The molecule has 10 heteroatoms. The van der Waals surface area contributed by atoms with E-state index < -0.39 is 5.76 Å². The van der Waals surface area contributed by atoms with Crippen LogP contribution in [0.15, 0.2) is 45.6 Å². The van der Waals surface area contributed by atoms with Crippen LogP contribution in [0.3, 0.4) is 0 Å². The predicted octanol–water partition coefficient (Wildman–Crippen LogP) is 3.61. The number of halogens is 1. The highest BCUT2D eigenvalue weighted by Crippen LogP contribution is 2.32. The van der Waals surface area contributed by atoms with Crippen molar-refractivity contribution < 1.29 is 13.9 Å². The van der Waals surface area contributed by atoms with Crippen molar-refractivity contribution in [2.45, 2.75) is 20.4 Å². The van der Waals surface area contributed by atoms with Crippen molar-refractivity contribution in [3.8, 4) is 0 Å². The molecule has 1 saturated heterocycles. The molecule has 0 saturated carbocycles. The number of carbonyl (C=O) groups excluding carboxylic acids is 1. The lowest BCUT2D eigenvalue weighted by molar-refractivity contribution is -0.119. The molecule has 0 spiro atoms. The van der Waals surface area contributed by atoms with Gasteiger partial charge in [0.2, 0.25) is 5.91 Å². The van der Waals surface area contributed by atoms with Crippen LogP contribution >= 0.6 is 23.7 Å². The Morgan fingerprint density at radius 3 is 2.71 bits per heavy atom. The molecular formula is C24H27ClN4O4S. The fourth-order valence-corrected chi connectivity index (χ4v) is 5.18. The maximum Gasteiger partial charge on any atom is 0.420 e. The minimum atomic E-state index is -0.534. The molecule has 0 atom stereocenters. The third kappa shape index (κ3) is 4.74. The van der Waals surface area contributed by atoms with Gasteiger partial charge < -0.3 is 9.15 Å². The predicted molar refractivity (Wildman–Crippen MR) is 136 cm³/mol. The van der Waals surface area contributed by atoms with Crippen LogP contribution in [0, 0.1) is 13.8 Å². The minimum absolute atomic E-state index is 0. The van der Waals surface area contributed by atoms with Crippen LogP contribution in [-0.4, -0.2) is 59.8 Å². The van der Waals surface area contributed by atoms with Crippen LogP contribution in [0.5, 0.6) is 0 Å². The molecule has 1 amide bonds. The third-order valence-electron chi connectivity index (χ3n) is 6.22. The summed E-state index contributed by atoms with van der Waals surface area (Å²) in [5, 5.41) is 0.651. The van der Waals surface area contributed by atoms with Crippen molar-refractivity contribution in [1.82, 2.24) is 14.5 Å². The number of rotatable bonds is 6. The van der Waals surface area contributed by atoms with Crippen molar-refractivity contribution >= 4 is 56.1 Å². The van der Waals surface area contributed by atoms with Crippen molar-refractivity contribution in [2.75, 3.05) is 44.3 Å². The maximum atomic E-state index is 13.6. The monoisotopic (exact) mass is 502 g/mol. The van der Waals surface area contributed by atoms with E-state index in [4.69, 9.17) is 14.1 Å². The Morgan fingerprint density at radius 1 is 1.15 bits per heavy atom. The number of fused-ring (bicyclic) bond motifs is 2. The van der Waals surface area contributed by atoms with Crippen LogP contribution in [0.25, 0.3) is 21.3 Å². The zero-order valence-electron chi connectivity index (χ0n) is 19.2. The summed E-state index contributed by atoms with van der Waals surface area (Å²) in [4.78, 5) is 34.8. The molecule has 2 aromatic carbocycles. The summed E-state index contributed by atoms with van der Waals surface area (Å²) < 4.78 is 13.2. The number of nitrogens with zero attached hydrogens (tertiary/aromatic N) is 4. The molecule has 1 fully saturated rings. The average molecular weight is 503 g/mol. The lowest BCUT2D eigenvalue weighted by Gasteiger charge is -2.29. The van der Waals surface area contributed by atoms with Gasteiger partial charge in [0.15, 0.2) is 10.7 Å². The molecule has 0 aliphatic carbocycles. The Morgan fingerprint density at radius 2 is 1.91 bits per heavy atom. The number of amides is 1. The molecule has 0 radical (unpaired) electrons. The van der Waals surface area contributed by atoms with Gasteiger partial charge in [-0.25, -0.2) is 9.78 Å². The molecule has 0 bridgehead atoms. The van der Waals surface area contributed by atoms with Crippen LogP contribution in [-0.2, 0) is 16.1 Å². The number of oxazole rings is 1. The molecule has 4 aromatic rings. The summed E-state index contributed by atoms with van der Waals surface area (Å²) in [5.41, 5.74) is 4.29. The molecule has 1 aliphatic rings. The summed E-state index contributed by atoms with van der Waals surface area (Å²) in [7, 11) is 0. The van der Waals surface area contributed by atoms with Gasteiger partial charge in [-0.15, -0.1) is 12.4 Å². The van der Waals surface area contributed by atoms with Gasteiger partial charge in [-0.1, -0.05) is 29.5 Å². The fraction of sp³-hybridized carbons (Fsp3) is 0.375. The van der Waals surface area contributed by atoms with E-state index in [1.54, 1.807) is 23.1 Å². The second kappa shape index (κ2) is 10.3. The molecule has 0 unspecified atom stereocenters. The average Bonchev–Trinajstić information content (AvgIpc) is 3.39. The van der Waals surface area contributed by atoms with Gasteiger partial charge in [0.05, 0.1) is 28.9 Å². The second-order valence-corrected chi connectivity index (χ2v) is 9.28. The van der Waals surface area contributed by atoms with Gasteiger partial charge in [-0.3, -0.25) is 19.2 Å². The number of morpholine rings is 1. The highest BCUT2D eigenvalue weighted by Gasteiger charge is 2.24. The first-order valence-corrected chi connectivity index (χ1v) is 11.9. The van der Waals surface area contributed by atoms with Gasteiger partial charge in [-0.05, 0) is 43.2 Å². The molecule has 5 rings (SSSR count). The summed E-state index contributed by atoms with van der Waals surface area (Å²) >= 11 is 1.50. The number of anilines is 1. The van der Waals surface area contributed by atoms with E-state index in [1.165, 1.54) is 21.5 Å². The number of hydrogen-bond donors (Lipinski definition) is 0. The van der Waals surface area contributed by atoms with Crippen molar-refractivity contribution in [3.63, 3.8) is 0 Å². The molecule has 34 heavy (non-hydrogen) atoms. The summed E-state index contributed by atoms with van der Waals surface area (Å²) in [6.07, 6.45) is 0. The first-order chi connectivity index (χ1) is 16.0. The molecule has 3 heterocycles.